The van der Waals surface area contributed by atoms with Gasteiger partial charge in [0.15, 0.2) is 0 Å². The summed E-state index contributed by atoms with van der Waals surface area (Å²) in [5.74, 6) is -2.13. The van der Waals surface area contributed by atoms with Crippen LogP contribution in [0.4, 0.5) is 0 Å². The lowest BCUT2D eigenvalue weighted by molar-refractivity contribution is -0.150. The predicted octanol–water partition coefficient (Wildman–Crippen LogP) is 2.36. The van der Waals surface area contributed by atoms with Crippen LogP contribution in [-0.2, 0) is 19.1 Å². The van der Waals surface area contributed by atoms with Gasteiger partial charge < -0.3 is 9.84 Å². The Morgan fingerprint density at radius 3 is 2.19 bits per heavy atom. The van der Waals surface area contributed by atoms with Crippen molar-refractivity contribution in [2.45, 2.75) is 6.92 Å². The number of rotatable bonds is 3. The molecule has 0 unspecified atom stereocenters. The van der Waals surface area contributed by atoms with Gasteiger partial charge in [0.05, 0.1) is 5.57 Å². The molecule has 0 atom stereocenters. The molecular formula is C16H14O5. The van der Waals surface area contributed by atoms with E-state index in [9.17, 15) is 14.4 Å². The third kappa shape index (κ3) is 5.69. The van der Waals surface area contributed by atoms with Crippen molar-refractivity contribution in [2.75, 3.05) is 0 Å². The zero-order valence-electron chi connectivity index (χ0n) is 11.4. The first kappa shape index (κ1) is 16.1. The van der Waals surface area contributed by atoms with Gasteiger partial charge in [0, 0.05) is 11.6 Å². The molecule has 0 aliphatic carbocycles. The Morgan fingerprint density at radius 1 is 1.19 bits per heavy atom. The SMILES string of the molecule is C=C(C)C(=O)O.O=C1C=C(C=Cc2ccccc2)C(=O)O1. The number of carboxylic acids is 1. The highest BCUT2D eigenvalue weighted by Gasteiger charge is 2.20. The number of esters is 2. The van der Waals surface area contributed by atoms with Crippen LogP contribution in [0.5, 0.6) is 0 Å². The Labute approximate surface area is 121 Å². The number of carbonyl (C=O) groups is 3. The maximum absolute atomic E-state index is 11.0. The highest BCUT2D eigenvalue weighted by molar-refractivity contribution is 6.11. The Balaban J connectivity index is 0.000000315. The Morgan fingerprint density at radius 2 is 1.76 bits per heavy atom. The van der Waals surface area contributed by atoms with E-state index in [-0.39, 0.29) is 11.1 Å². The van der Waals surface area contributed by atoms with Gasteiger partial charge in [-0.1, -0.05) is 43.0 Å². The molecular weight excluding hydrogens is 272 g/mol. The summed E-state index contributed by atoms with van der Waals surface area (Å²) in [6, 6.07) is 9.50. The molecule has 1 aromatic rings. The summed E-state index contributed by atoms with van der Waals surface area (Å²) in [7, 11) is 0. The Hall–Kier alpha value is -2.95. The average Bonchev–Trinajstić information content (AvgIpc) is 2.76. The van der Waals surface area contributed by atoms with Crippen LogP contribution in [0, 0.1) is 0 Å². The summed E-state index contributed by atoms with van der Waals surface area (Å²) in [6.07, 6.45) is 4.51. The van der Waals surface area contributed by atoms with Crippen LogP contribution in [0.2, 0.25) is 0 Å². The van der Waals surface area contributed by atoms with Crippen LogP contribution in [-0.4, -0.2) is 23.0 Å². The molecule has 1 aliphatic heterocycles. The summed E-state index contributed by atoms with van der Waals surface area (Å²) in [5.41, 5.74) is 1.42. The zero-order valence-corrected chi connectivity index (χ0v) is 11.4. The molecule has 0 aromatic heterocycles. The van der Waals surface area contributed by atoms with Gasteiger partial charge in [-0.15, -0.1) is 0 Å². The van der Waals surface area contributed by atoms with Crippen molar-refractivity contribution in [1.29, 1.82) is 0 Å². The lowest BCUT2D eigenvalue weighted by atomic mass is 10.1. The summed E-state index contributed by atoms with van der Waals surface area (Å²) in [6.45, 7) is 4.60. The molecule has 0 bridgehead atoms. The average molecular weight is 286 g/mol. The minimum Gasteiger partial charge on any atom is -0.478 e. The van der Waals surface area contributed by atoms with Crippen LogP contribution < -0.4 is 0 Å². The van der Waals surface area contributed by atoms with E-state index in [0.717, 1.165) is 5.56 Å². The second kappa shape index (κ2) is 7.59. The van der Waals surface area contributed by atoms with E-state index in [1.165, 1.54) is 13.0 Å². The predicted molar refractivity (Wildman–Crippen MR) is 77.1 cm³/mol. The molecule has 1 heterocycles. The van der Waals surface area contributed by atoms with Gasteiger partial charge in [-0.3, -0.25) is 0 Å². The molecule has 5 heteroatoms. The normalized spacial score (nSPS) is 13.3. The van der Waals surface area contributed by atoms with Crippen molar-refractivity contribution >= 4 is 24.0 Å². The Bertz CT molecular complexity index is 611. The van der Waals surface area contributed by atoms with E-state index in [0.29, 0.717) is 0 Å². The minimum atomic E-state index is -0.935. The second-order valence-corrected chi connectivity index (χ2v) is 4.14. The highest BCUT2D eigenvalue weighted by atomic mass is 16.6. The van der Waals surface area contributed by atoms with Gasteiger partial charge in [0.1, 0.15) is 0 Å². The molecule has 21 heavy (non-hydrogen) atoms. The molecule has 1 aliphatic rings. The van der Waals surface area contributed by atoms with Crippen LogP contribution >= 0.6 is 0 Å². The van der Waals surface area contributed by atoms with E-state index < -0.39 is 17.9 Å². The van der Waals surface area contributed by atoms with Crippen molar-refractivity contribution in [3.63, 3.8) is 0 Å². The smallest absolute Gasteiger partial charge is 0.346 e. The lowest BCUT2D eigenvalue weighted by Crippen LogP contribution is -2.00. The number of carbonyl (C=O) groups excluding carboxylic acids is 2. The summed E-state index contributed by atoms with van der Waals surface area (Å²) >= 11 is 0. The summed E-state index contributed by atoms with van der Waals surface area (Å²) < 4.78 is 4.34. The number of cyclic esters (lactones) is 2. The molecule has 1 aromatic carbocycles. The first-order valence-electron chi connectivity index (χ1n) is 6.00. The molecule has 0 saturated carbocycles. The molecule has 0 radical (unpaired) electrons. The van der Waals surface area contributed by atoms with Gasteiger partial charge in [-0.2, -0.15) is 0 Å². The standard InChI is InChI=1S/C12H8O3.C4H6O2/c13-11-8-10(12(14)15-11)7-6-9-4-2-1-3-5-9;1-3(2)4(5)6/h1-8H;1H2,2H3,(H,5,6). The maximum Gasteiger partial charge on any atom is 0.346 e. The molecule has 0 saturated heterocycles. The fraction of sp³-hybridized carbons (Fsp3) is 0.0625. The first-order chi connectivity index (χ1) is 9.90. The number of ether oxygens (including phenoxy) is 1. The molecule has 108 valence electrons. The van der Waals surface area contributed by atoms with Crippen LogP contribution in [0.3, 0.4) is 0 Å². The quantitative estimate of drug-likeness (QED) is 0.524. The lowest BCUT2D eigenvalue weighted by Gasteiger charge is -1.91. The molecule has 5 nitrogen and oxygen atoms in total. The van der Waals surface area contributed by atoms with Crippen LogP contribution in [0.1, 0.15) is 12.5 Å². The second-order valence-electron chi connectivity index (χ2n) is 4.14. The maximum atomic E-state index is 11.0. The van der Waals surface area contributed by atoms with Crippen LogP contribution in [0.15, 0.2) is 60.2 Å². The largest absolute Gasteiger partial charge is 0.478 e. The fourth-order valence-electron chi connectivity index (χ4n) is 1.23. The molecule has 2 rings (SSSR count). The number of carboxylic acid groups (broad SMARTS) is 1. The third-order valence-electron chi connectivity index (χ3n) is 2.32. The topological polar surface area (TPSA) is 80.7 Å². The molecule has 0 amide bonds. The molecule has 0 spiro atoms. The highest BCUT2D eigenvalue weighted by Crippen LogP contribution is 2.11. The van der Waals surface area contributed by atoms with Crippen molar-refractivity contribution in [1.82, 2.24) is 0 Å². The van der Waals surface area contributed by atoms with E-state index in [4.69, 9.17) is 5.11 Å². The Kier molecular flexibility index (Phi) is 5.82. The van der Waals surface area contributed by atoms with Crippen molar-refractivity contribution in [3.8, 4) is 0 Å². The van der Waals surface area contributed by atoms with Crippen LogP contribution in [0.25, 0.3) is 6.08 Å². The number of hydrogen-bond acceptors (Lipinski definition) is 4. The van der Waals surface area contributed by atoms with Crippen molar-refractivity contribution < 1.29 is 24.2 Å². The summed E-state index contributed by atoms with van der Waals surface area (Å²) in [4.78, 5) is 31.4. The fourth-order valence-corrected chi connectivity index (χ4v) is 1.23. The van der Waals surface area contributed by atoms with E-state index in [1.54, 1.807) is 12.2 Å². The van der Waals surface area contributed by atoms with Gasteiger partial charge in [0.25, 0.3) is 0 Å². The minimum absolute atomic E-state index is 0.176. The van der Waals surface area contributed by atoms with Crippen molar-refractivity contribution in [2.24, 2.45) is 0 Å². The number of benzene rings is 1. The van der Waals surface area contributed by atoms with Gasteiger partial charge in [0.2, 0.25) is 0 Å². The molecule has 1 N–H and O–H groups in total. The van der Waals surface area contributed by atoms with Gasteiger partial charge in [-0.25, -0.2) is 14.4 Å². The van der Waals surface area contributed by atoms with E-state index >= 15 is 0 Å². The third-order valence-corrected chi connectivity index (χ3v) is 2.32. The monoisotopic (exact) mass is 286 g/mol. The van der Waals surface area contributed by atoms with Gasteiger partial charge >= 0.3 is 17.9 Å². The van der Waals surface area contributed by atoms with Gasteiger partial charge in [-0.05, 0) is 18.6 Å². The van der Waals surface area contributed by atoms with Crippen molar-refractivity contribution in [3.05, 3.63) is 65.8 Å². The number of hydrogen-bond donors (Lipinski definition) is 1. The van der Waals surface area contributed by atoms with E-state index in [1.807, 2.05) is 30.3 Å². The van der Waals surface area contributed by atoms with E-state index in [2.05, 4.69) is 11.3 Å². The number of aliphatic carboxylic acids is 1. The summed E-state index contributed by atoms with van der Waals surface area (Å²) in [5, 5.41) is 7.89. The molecule has 0 fully saturated rings. The zero-order chi connectivity index (χ0) is 15.8. The first-order valence-corrected chi connectivity index (χ1v) is 6.00.